The predicted molar refractivity (Wildman–Crippen MR) is 132 cm³/mol. The van der Waals surface area contributed by atoms with Gasteiger partial charge in [0.1, 0.15) is 0 Å². The molecule has 7 nitrogen and oxygen atoms in total. The van der Waals surface area contributed by atoms with E-state index >= 15 is 0 Å². The normalized spacial score (nSPS) is 21.3. The van der Waals surface area contributed by atoms with Gasteiger partial charge in [-0.2, -0.15) is 0 Å². The molecule has 2 saturated carbocycles. The van der Waals surface area contributed by atoms with Gasteiger partial charge in [0.2, 0.25) is 15.9 Å². The number of benzene rings is 1. The number of aromatic nitrogens is 1. The molecule has 0 saturated heterocycles. The van der Waals surface area contributed by atoms with Crippen molar-refractivity contribution in [3.8, 4) is 0 Å². The Morgan fingerprint density at radius 3 is 2.47 bits per heavy atom. The fourth-order valence-electron chi connectivity index (χ4n) is 6.07. The molecule has 1 aromatic heterocycles. The second-order valence-electron chi connectivity index (χ2n) is 10.6. The molecule has 2 amide bonds. The van der Waals surface area contributed by atoms with E-state index in [0.717, 1.165) is 48.7 Å². The third-order valence-corrected chi connectivity index (χ3v) is 9.00. The lowest BCUT2D eigenvalue weighted by Gasteiger charge is -2.33. The first-order valence-electron chi connectivity index (χ1n) is 12.6. The fourth-order valence-corrected chi connectivity index (χ4v) is 7.19. The van der Waals surface area contributed by atoms with Crippen molar-refractivity contribution in [3.63, 3.8) is 0 Å². The Morgan fingerprint density at radius 1 is 1.06 bits per heavy atom. The van der Waals surface area contributed by atoms with Crippen LogP contribution < -0.4 is 5.32 Å². The highest BCUT2D eigenvalue weighted by atomic mass is 32.2. The molecule has 3 aliphatic rings. The van der Waals surface area contributed by atoms with Crippen LogP contribution in [-0.2, 0) is 27.7 Å². The van der Waals surface area contributed by atoms with E-state index in [2.05, 4.69) is 5.32 Å². The average molecular weight is 486 g/mol. The smallest absolute Gasteiger partial charge is 0.254 e. The number of rotatable bonds is 6. The molecular formula is C26H35N3O4S. The van der Waals surface area contributed by atoms with Crippen molar-refractivity contribution in [2.75, 3.05) is 19.8 Å². The molecule has 0 bridgehead atoms. The van der Waals surface area contributed by atoms with Crippen LogP contribution in [-0.4, -0.2) is 55.0 Å². The third-order valence-electron chi connectivity index (χ3n) is 7.92. The van der Waals surface area contributed by atoms with E-state index in [1.165, 1.54) is 47.2 Å². The van der Waals surface area contributed by atoms with Gasteiger partial charge in [0.05, 0.1) is 18.3 Å². The number of carbonyl (C=O) groups excluding carboxylic acids is 2. The van der Waals surface area contributed by atoms with Gasteiger partial charge in [0, 0.05) is 29.7 Å². The Labute approximate surface area is 201 Å². The van der Waals surface area contributed by atoms with E-state index in [-0.39, 0.29) is 24.4 Å². The zero-order valence-corrected chi connectivity index (χ0v) is 21.0. The number of hydrogen-bond donors (Lipinski definition) is 1. The highest BCUT2D eigenvalue weighted by molar-refractivity contribution is 7.89. The molecule has 1 unspecified atom stereocenters. The quantitative estimate of drug-likeness (QED) is 0.678. The van der Waals surface area contributed by atoms with Crippen molar-refractivity contribution in [1.29, 1.82) is 0 Å². The Morgan fingerprint density at radius 2 is 1.79 bits per heavy atom. The Hall–Kier alpha value is -2.35. The van der Waals surface area contributed by atoms with E-state index in [9.17, 15) is 18.0 Å². The minimum Gasteiger partial charge on any atom is -0.352 e. The molecule has 184 valence electrons. The van der Waals surface area contributed by atoms with Crippen LogP contribution in [0.2, 0.25) is 0 Å². The number of fused-ring (bicyclic) bond motifs is 3. The second-order valence-corrected chi connectivity index (χ2v) is 12.4. The van der Waals surface area contributed by atoms with E-state index in [0.29, 0.717) is 22.9 Å². The highest BCUT2D eigenvalue weighted by Crippen LogP contribution is 2.41. The summed E-state index contributed by atoms with van der Waals surface area (Å²) in [5.74, 6) is 0.905. The summed E-state index contributed by atoms with van der Waals surface area (Å²) < 4.78 is 27.0. The van der Waals surface area contributed by atoms with Crippen LogP contribution >= 0.6 is 0 Å². The molecule has 0 radical (unpaired) electrons. The van der Waals surface area contributed by atoms with Gasteiger partial charge in [-0.3, -0.25) is 9.59 Å². The van der Waals surface area contributed by atoms with Crippen LogP contribution in [0.4, 0.5) is 0 Å². The molecule has 1 heterocycles. The first-order valence-corrected chi connectivity index (χ1v) is 14.5. The maximum Gasteiger partial charge on any atom is 0.254 e. The first kappa shape index (κ1) is 23.4. The lowest BCUT2D eigenvalue weighted by Crippen LogP contribution is -2.39. The summed E-state index contributed by atoms with van der Waals surface area (Å²) in [6.45, 7) is 0.0135. The number of hydrogen-bond acceptors (Lipinski definition) is 4. The van der Waals surface area contributed by atoms with Gasteiger partial charge >= 0.3 is 0 Å². The lowest BCUT2D eigenvalue weighted by molar-refractivity contribution is -0.121. The molecule has 1 N–H and O–H groups in total. The van der Waals surface area contributed by atoms with Crippen LogP contribution in [0.25, 0.3) is 10.9 Å². The molecule has 3 aliphatic carbocycles. The molecule has 2 fully saturated rings. The van der Waals surface area contributed by atoms with Gasteiger partial charge in [-0.15, -0.1) is 0 Å². The first-order chi connectivity index (χ1) is 16.2. The van der Waals surface area contributed by atoms with Crippen LogP contribution in [0.1, 0.15) is 73.0 Å². The zero-order chi connectivity index (χ0) is 24.0. The van der Waals surface area contributed by atoms with Crippen LogP contribution in [0.15, 0.2) is 18.2 Å². The molecule has 8 heteroatoms. The summed E-state index contributed by atoms with van der Waals surface area (Å²) >= 11 is 0. The second kappa shape index (κ2) is 9.02. The molecule has 1 aromatic carbocycles. The Balaban J connectivity index is 1.47. The van der Waals surface area contributed by atoms with Gasteiger partial charge in [-0.25, -0.2) is 12.4 Å². The summed E-state index contributed by atoms with van der Waals surface area (Å²) in [5, 5.41) is 3.78. The summed E-state index contributed by atoms with van der Waals surface area (Å²) in [5.41, 5.74) is 3.11. The van der Waals surface area contributed by atoms with Crippen molar-refractivity contribution in [2.45, 2.75) is 70.3 Å². The molecule has 0 aliphatic heterocycles. The highest BCUT2D eigenvalue weighted by Gasteiger charge is 2.33. The largest absolute Gasteiger partial charge is 0.352 e. The number of likely N-dealkylation sites (N-methyl/N-ethyl adjacent to an activating group) is 1. The van der Waals surface area contributed by atoms with Gasteiger partial charge < -0.3 is 10.2 Å². The third kappa shape index (κ3) is 4.61. The van der Waals surface area contributed by atoms with E-state index < -0.39 is 10.0 Å². The van der Waals surface area contributed by atoms with Crippen molar-refractivity contribution >= 4 is 32.7 Å². The topological polar surface area (TPSA) is 88.5 Å². The lowest BCUT2D eigenvalue weighted by atomic mass is 9.72. The molecule has 5 rings (SSSR count). The molecule has 2 aromatic rings. The van der Waals surface area contributed by atoms with Crippen molar-refractivity contribution in [3.05, 3.63) is 35.0 Å². The van der Waals surface area contributed by atoms with Gasteiger partial charge in [0.25, 0.3) is 5.91 Å². The van der Waals surface area contributed by atoms with Crippen molar-refractivity contribution in [1.82, 2.24) is 14.2 Å². The van der Waals surface area contributed by atoms with Crippen LogP contribution in [0, 0.1) is 11.8 Å². The van der Waals surface area contributed by atoms with Crippen LogP contribution in [0.5, 0.6) is 0 Å². The van der Waals surface area contributed by atoms with Gasteiger partial charge in [-0.05, 0) is 67.7 Å². The number of amides is 2. The summed E-state index contributed by atoms with van der Waals surface area (Å²) in [6, 6.07) is 5.55. The minimum absolute atomic E-state index is 0.0135. The van der Waals surface area contributed by atoms with Gasteiger partial charge in [0.15, 0.2) is 0 Å². The van der Waals surface area contributed by atoms with Gasteiger partial charge in [-0.1, -0.05) is 32.1 Å². The van der Waals surface area contributed by atoms with Crippen molar-refractivity contribution in [2.24, 2.45) is 11.8 Å². The Bertz CT molecular complexity index is 1220. The maximum absolute atomic E-state index is 13.1. The summed E-state index contributed by atoms with van der Waals surface area (Å²) in [4.78, 5) is 26.7. The fraction of sp³-hybridized carbons (Fsp3) is 0.615. The number of carbonyl (C=O) groups is 2. The summed E-state index contributed by atoms with van der Waals surface area (Å²) in [6.07, 6.45) is 12.3. The standard InChI is InChI=1S/C26H35N3O4S/c1-28(16-25(30)27-20-10-11-20)26(31)19-9-13-24-22(15-19)21-14-18(17-6-4-3-5-7-17)8-12-23(21)29(24)34(2,32)33/h9,13,15,17-18,20H,3-8,10-12,14,16H2,1-2H3,(H,27,30). The monoisotopic (exact) mass is 485 g/mol. The number of nitrogens with zero attached hydrogens (tertiary/aromatic N) is 2. The minimum atomic E-state index is -3.47. The van der Waals surface area contributed by atoms with E-state index in [1.807, 2.05) is 6.07 Å². The van der Waals surface area contributed by atoms with E-state index in [4.69, 9.17) is 0 Å². The summed E-state index contributed by atoms with van der Waals surface area (Å²) in [7, 11) is -1.84. The molecular weight excluding hydrogens is 450 g/mol. The SMILES string of the molecule is CN(CC(=O)NC1CC1)C(=O)c1ccc2c(c1)c1c(n2S(C)(=O)=O)CCC(C2CCCCC2)C1. The average Bonchev–Trinajstić information content (AvgIpc) is 3.56. The van der Waals surface area contributed by atoms with Crippen molar-refractivity contribution < 1.29 is 18.0 Å². The molecule has 34 heavy (non-hydrogen) atoms. The molecule has 0 spiro atoms. The maximum atomic E-state index is 13.1. The Kier molecular flexibility index (Phi) is 6.21. The van der Waals surface area contributed by atoms with E-state index in [1.54, 1.807) is 19.2 Å². The zero-order valence-electron chi connectivity index (χ0n) is 20.2. The predicted octanol–water partition coefficient (Wildman–Crippen LogP) is 3.48. The molecule has 1 atom stereocenters. The number of nitrogens with one attached hydrogen (secondary N) is 1. The van der Waals surface area contributed by atoms with Crippen LogP contribution in [0.3, 0.4) is 0 Å².